The Bertz CT molecular complexity index is 802. The molecule has 1 unspecified atom stereocenters. The molecule has 1 aromatic rings. The second-order valence-electron chi connectivity index (χ2n) is 8.11. The van der Waals surface area contributed by atoms with Gasteiger partial charge in [-0.2, -0.15) is 0 Å². The third-order valence-corrected chi connectivity index (χ3v) is 5.08. The van der Waals surface area contributed by atoms with Gasteiger partial charge in [0.2, 0.25) is 5.91 Å². The highest BCUT2D eigenvalue weighted by atomic mass is 16.5. The molecule has 5 nitrogen and oxygen atoms in total. The number of anilines is 1. The summed E-state index contributed by atoms with van der Waals surface area (Å²) in [7, 11) is 0. The maximum absolute atomic E-state index is 12.8. The summed E-state index contributed by atoms with van der Waals surface area (Å²) in [5.74, 6) is 0.638. The van der Waals surface area contributed by atoms with E-state index in [0.29, 0.717) is 13.2 Å². The van der Waals surface area contributed by atoms with Crippen LogP contribution in [0.4, 0.5) is 5.69 Å². The highest BCUT2D eigenvalue weighted by Crippen LogP contribution is 2.36. The Morgan fingerprint density at radius 2 is 1.96 bits per heavy atom. The molecule has 0 saturated carbocycles. The molecule has 3 rings (SSSR count). The monoisotopic (exact) mass is 368 g/mol. The van der Waals surface area contributed by atoms with Crippen molar-refractivity contribution in [3.8, 4) is 0 Å². The number of benzene rings is 1. The number of allylic oxidation sites excluding steroid dienone is 4. The Morgan fingerprint density at radius 3 is 2.59 bits per heavy atom. The number of hydrogen-bond acceptors (Lipinski definition) is 3. The summed E-state index contributed by atoms with van der Waals surface area (Å²) in [6.07, 6.45) is 6.10. The highest BCUT2D eigenvalue weighted by molar-refractivity contribution is 6.06. The zero-order valence-corrected chi connectivity index (χ0v) is 16.5. The lowest BCUT2D eigenvalue weighted by molar-refractivity contribution is -0.126. The van der Waals surface area contributed by atoms with Crippen molar-refractivity contribution in [2.75, 3.05) is 18.1 Å². The van der Waals surface area contributed by atoms with Crippen molar-refractivity contribution in [1.29, 1.82) is 0 Å². The zero-order valence-electron chi connectivity index (χ0n) is 16.5. The van der Waals surface area contributed by atoms with Crippen LogP contribution in [0.3, 0.4) is 0 Å². The average Bonchev–Trinajstić information content (AvgIpc) is 2.87. The Balaban J connectivity index is 1.63. The molecular formula is C22H28N2O3. The predicted octanol–water partition coefficient (Wildman–Crippen LogP) is 3.88. The summed E-state index contributed by atoms with van der Waals surface area (Å²) in [6.45, 7) is 8.98. The Hall–Kier alpha value is -2.56. The molecular weight excluding hydrogens is 340 g/mol. The van der Waals surface area contributed by atoms with E-state index < -0.39 is 6.04 Å². The number of carbonyl (C=O) groups is 2. The fourth-order valence-electron chi connectivity index (χ4n) is 3.59. The zero-order chi connectivity index (χ0) is 19.6. The first-order valence-corrected chi connectivity index (χ1v) is 9.48. The van der Waals surface area contributed by atoms with E-state index in [-0.39, 0.29) is 17.2 Å². The molecule has 1 atom stereocenters. The second-order valence-corrected chi connectivity index (χ2v) is 8.11. The van der Waals surface area contributed by atoms with E-state index in [1.165, 1.54) is 12.5 Å². The first-order valence-electron chi connectivity index (χ1n) is 9.48. The summed E-state index contributed by atoms with van der Waals surface area (Å²) in [5, 5.41) is 2.75. The van der Waals surface area contributed by atoms with Crippen LogP contribution >= 0.6 is 0 Å². The van der Waals surface area contributed by atoms with Crippen molar-refractivity contribution in [3.63, 3.8) is 0 Å². The molecule has 144 valence electrons. The van der Waals surface area contributed by atoms with Crippen molar-refractivity contribution in [3.05, 3.63) is 53.3 Å². The second kappa shape index (κ2) is 7.59. The van der Waals surface area contributed by atoms with Crippen LogP contribution in [0.15, 0.2) is 47.7 Å². The number of nitrogens with zero attached hydrogens (tertiary/aromatic N) is 1. The molecule has 2 amide bonds. The number of ether oxygens (including phenoxy) is 1. The number of rotatable bonds is 5. The molecule has 0 aromatic heterocycles. The smallest absolute Gasteiger partial charge is 0.254 e. The van der Waals surface area contributed by atoms with Gasteiger partial charge in [-0.05, 0) is 24.0 Å². The molecule has 1 N–H and O–H groups in total. The van der Waals surface area contributed by atoms with Crippen molar-refractivity contribution in [2.24, 2.45) is 5.41 Å². The lowest BCUT2D eigenvalue weighted by atomic mass is 9.82. The molecule has 1 aliphatic carbocycles. The molecule has 1 heterocycles. The lowest BCUT2D eigenvalue weighted by Gasteiger charge is -2.26. The number of nitrogens with one attached hydrogen (secondary N) is 1. The Morgan fingerprint density at radius 1 is 1.22 bits per heavy atom. The summed E-state index contributed by atoms with van der Waals surface area (Å²) in [4.78, 5) is 25.9. The van der Waals surface area contributed by atoms with Gasteiger partial charge in [0.15, 0.2) is 0 Å². The number of carbonyl (C=O) groups excluding carboxylic acids is 2. The summed E-state index contributed by atoms with van der Waals surface area (Å²) >= 11 is 0. The van der Waals surface area contributed by atoms with E-state index in [1.807, 2.05) is 30.3 Å². The van der Waals surface area contributed by atoms with E-state index in [0.717, 1.165) is 29.9 Å². The van der Waals surface area contributed by atoms with Crippen molar-refractivity contribution in [1.82, 2.24) is 5.32 Å². The number of para-hydroxylation sites is 1. The highest BCUT2D eigenvalue weighted by Gasteiger charge is 2.37. The van der Waals surface area contributed by atoms with Crippen LogP contribution in [0.25, 0.3) is 0 Å². The summed E-state index contributed by atoms with van der Waals surface area (Å²) in [6, 6.07) is 6.97. The number of fused-ring (bicyclic) bond motifs is 1. The maximum Gasteiger partial charge on any atom is 0.254 e. The minimum Gasteiger partial charge on any atom is -0.496 e. The maximum atomic E-state index is 12.8. The number of hydrogen-bond donors (Lipinski definition) is 1. The molecule has 0 radical (unpaired) electrons. The molecule has 1 aromatic carbocycles. The third-order valence-electron chi connectivity index (χ3n) is 5.08. The normalized spacial score (nSPS) is 19.3. The quantitative estimate of drug-likeness (QED) is 0.858. The predicted molar refractivity (Wildman–Crippen MR) is 106 cm³/mol. The van der Waals surface area contributed by atoms with Gasteiger partial charge in [0.05, 0.1) is 12.3 Å². The van der Waals surface area contributed by atoms with Crippen LogP contribution in [-0.2, 0) is 14.3 Å². The Labute approximate surface area is 161 Å². The van der Waals surface area contributed by atoms with Gasteiger partial charge in [-0.3, -0.25) is 9.59 Å². The van der Waals surface area contributed by atoms with Gasteiger partial charge in [0.1, 0.15) is 12.6 Å². The summed E-state index contributed by atoms with van der Waals surface area (Å²) < 4.78 is 5.92. The first kappa shape index (κ1) is 19.2. The van der Waals surface area contributed by atoms with Crippen LogP contribution in [0.2, 0.25) is 0 Å². The third kappa shape index (κ3) is 4.24. The van der Waals surface area contributed by atoms with Crippen LogP contribution < -0.4 is 10.2 Å². The van der Waals surface area contributed by atoms with E-state index in [9.17, 15) is 9.59 Å². The number of amides is 2. The Kier molecular flexibility index (Phi) is 5.40. The van der Waals surface area contributed by atoms with Gasteiger partial charge < -0.3 is 15.0 Å². The van der Waals surface area contributed by atoms with Gasteiger partial charge >= 0.3 is 0 Å². The van der Waals surface area contributed by atoms with E-state index in [1.54, 1.807) is 4.90 Å². The molecule has 2 aliphatic rings. The molecule has 27 heavy (non-hydrogen) atoms. The van der Waals surface area contributed by atoms with Crippen molar-refractivity contribution < 1.29 is 14.3 Å². The van der Waals surface area contributed by atoms with Crippen molar-refractivity contribution >= 4 is 17.5 Å². The van der Waals surface area contributed by atoms with Gasteiger partial charge in [-0.1, -0.05) is 50.6 Å². The molecule has 0 spiro atoms. The minimum atomic E-state index is -0.607. The van der Waals surface area contributed by atoms with Gasteiger partial charge in [0, 0.05) is 24.6 Å². The standard InChI is InChI=1S/C22H28N2O3/c1-15(25)23-20-18-7-5-6-8-19(18)24(21(20)26)13-14-27-17-11-9-16(10-12-17)22(2,3)4/h5-9,11,20H,10,12-14H2,1-4H3,(H,23,25). The van der Waals surface area contributed by atoms with Crippen LogP contribution in [0.1, 0.15) is 52.1 Å². The van der Waals surface area contributed by atoms with Gasteiger partial charge in [-0.15, -0.1) is 0 Å². The SMILES string of the molecule is CC(=O)NC1C(=O)N(CCOC2=CC=C(C(C)(C)C)CC2)c2ccccc21. The molecule has 0 fully saturated rings. The molecule has 0 bridgehead atoms. The van der Waals surface area contributed by atoms with Crippen molar-refractivity contribution in [2.45, 2.75) is 46.6 Å². The molecule has 0 saturated heterocycles. The van der Waals surface area contributed by atoms with Gasteiger partial charge in [-0.25, -0.2) is 0 Å². The first-order chi connectivity index (χ1) is 12.8. The average molecular weight is 368 g/mol. The van der Waals surface area contributed by atoms with E-state index >= 15 is 0 Å². The fourth-order valence-corrected chi connectivity index (χ4v) is 3.59. The largest absolute Gasteiger partial charge is 0.496 e. The van der Waals surface area contributed by atoms with Crippen LogP contribution in [0.5, 0.6) is 0 Å². The molecule has 5 heteroatoms. The van der Waals surface area contributed by atoms with Crippen LogP contribution in [-0.4, -0.2) is 25.0 Å². The lowest BCUT2D eigenvalue weighted by Crippen LogP contribution is -2.38. The van der Waals surface area contributed by atoms with Gasteiger partial charge in [0.25, 0.3) is 5.91 Å². The fraction of sp³-hybridized carbons (Fsp3) is 0.455. The van der Waals surface area contributed by atoms with Crippen LogP contribution in [0, 0.1) is 5.41 Å². The van der Waals surface area contributed by atoms with E-state index in [2.05, 4.69) is 32.2 Å². The van der Waals surface area contributed by atoms with E-state index in [4.69, 9.17) is 4.74 Å². The minimum absolute atomic E-state index is 0.109. The summed E-state index contributed by atoms with van der Waals surface area (Å²) in [5.41, 5.74) is 3.30. The topological polar surface area (TPSA) is 58.6 Å². The molecule has 1 aliphatic heterocycles.